The smallest absolute Gasteiger partial charge is 0.317 e. The first kappa shape index (κ1) is 23.4. The average molecular weight is 418 g/mol. The lowest BCUT2D eigenvalue weighted by Gasteiger charge is -2.42. The Morgan fingerprint density at radius 2 is 1.86 bits per heavy atom. The van der Waals surface area contributed by atoms with Crippen molar-refractivity contribution in [1.29, 1.82) is 0 Å². The summed E-state index contributed by atoms with van der Waals surface area (Å²) in [5.41, 5.74) is 0. The van der Waals surface area contributed by atoms with Gasteiger partial charge in [0.15, 0.2) is 0 Å². The van der Waals surface area contributed by atoms with Gasteiger partial charge in [-0.15, -0.1) is 0 Å². The van der Waals surface area contributed by atoms with Crippen LogP contribution >= 0.6 is 0 Å². The lowest BCUT2D eigenvalue weighted by Crippen LogP contribution is -2.60. The molecule has 0 aromatic heterocycles. The Labute approximate surface area is 171 Å². The van der Waals surface area contributed by atoms with Crippen molar-refractivity contribution in [3.05, 3.63) is 0 Å². The van der Waals surface area contributed by atoms with Crippen molar-refractivity contribution in [1.82, 2.24) is 14.9 Å². The minimum absolute atomic E-state index is 0.126. The molecule has 0 aromatic carbocycles. The molecule has 1 aliphatic carbocycles. The largest absolute Gasteiger partial charge is 0.376 e. The Hall–Kier alpha value is -0.860. The molecule has 164 valence electrons. The monoisotopic (exact) mass is 417 g/mol. The van der Waals surface area contributed by atoms with E-state index in [4.69, 9.17) is 4.74 Å². The highest BCUT2D eigenvalue weighted by Crippen LogP contribution is 2.31. The molecule has 2 N–H and O–H groups in total. The quantitative estimate of drug-likeness (QED) is 0.636. The standard InChI is InChI=1S/C20H39N3O4S/c1-5-12-21-20(24)23-13-6-7-18(22-28(4,25)26)19(23)14-27-17-10-8-16(9-11-17)15(2)3/h15-19,22H,5-14H2,1-4H3,(H,21,24)/t16?,17?,18-,19-/m0/s1. The predicted octanol–water partition coefficient (Wildman–Crippen LogP) is 2.72. The Balaban J connectivity index is 2.00. The van der Waals surface area contributed by atoms with Crippen LogP contribution in [0.3, 0.4) is 0 Å². The fourth-order valence-electron chi connectivity index (χ4n) is 4.42. The van der Waals surface area contributed by atoms with Gasteiger partial charge in [0.25, 0.3) is 0 Å². The van der Waals surface area contributed by atoms with Crippen LogP contribution in [0.25, 0.3) is 0 Å². The topological polar surface area (TPSA) is 87.7 Å². The second kappa shape index (κ2) is 10.8. The van der Waals surface area contributed by atoms with Crippen LogP contribution in [0.5, 0.6) is 0 Å². The van der Waals surface area contributed by atoms with Gasteiger partial charge >= 0.3 is 6.03 Å². The van der Waals surface area contributed by atoms with Crippen molar-refractivity contribution >= 4 is 16.1 Å². The fraction of sp³-hybridized carbons (Fsp3) is 0.950. The van der Waals surface area contributed by atoms with E-state index in [1.54, 1.807) is 4.90 Å². The van der Waals surface area contributed by atoms with E-state index in [2.05, 4.69) is 23.9 Å². The summed E-state index contributed by atoms with van der Waals surface area (Å²) in [4.78, 5) is 14.4. The van der Waals surface area contributed by atoms with E-state index < -0.39 is 10.0 Å². The van der Waals surface area contributed by atoms with E-state index in [-0.39, 0.29) is 24.2 Å². The van der Waals surface area contributed by atoms with Gasteiger partial charge in [-0.3, -0.25) is 0 Å². The number of carbonyl (C=O) groups is 1. The number of piperidine rings is 1. The van der Waals surface area contributed by atoms with Crippen LogP contribution < -0.4 is 10.0 Å². The van der Waals surface area contributed by atoms with Crippen molar-refractivity contribution < 1.29 is 17.9 Å². The molecule has 28 heavy (non-hydrogen) atoms. The number of nitrogens with one attached hydrogen (secondary N) is 2. The maximum absolute atomic E-state index is 12.6. The number of urea groups is 1. The normalized spacial score (nSPS) is 29.1. The number of nitrogens with zero attached hydrogens (tertiary/aromatic N) is 1. The van der Waals surface area contributed by atoms with Crippen molar-refractivity contribution in [3.63, 3.8) is 0 Å². The van der Waals surface area contributed by atoms with Gasteiger partial charge in [-0.05, 0) is 56.8 Å². The second-order valence-electron chi connectivity index (χ2n) is 8.75. The van der Waals surface area contributed by atoms with E-state index in [1.165, 1.54) is 19.1 Å². The van der Waals surface area contributed by atoms with Gasteiger partial charge in [-0.25, -0.2) is 17.9 Å². The van der Waals surface area contributed by atoms with Gasteiger partial charge in [-0.2, -0.15) is 0 Å². The Bertz CT molecular complexity index is 588. The molecular weight excluding hydrogens is 378 g/mol. The molecule has 2 atom stereocenters. The maximum atomic E-state index is 12.6. The molecule has 1 saturated heterocycles. The van der Waals surface area contributed by atoms with E-state index in [0.29, 0.717) is 25.6 Å². The summed E-state index contributed by atoms with van der Waals surface area (Å²) in [6.45, 7) is 8.20. The van der Waals surface area contributed by atoms with Gasteiger partial charge in [0.1, 0.15) is 0 Å². The number of ether oxygens (including phenoxy) is 1. The summed E-state index contributed by atoms with van der Waals surface area (Å²) in [5, 5.41) is 2.93. The molecule has 0 spiro atoms. The molecule has 1 saturated carbocycles. The summed E-state index contributed by atoms with van der Waals surface area (Å²) in [6.07, 6.45) is 8.19. The molecule has 2 amide bonds. The van der Waals surface area contributed by atoms with E-state index in [0.717, 1.165) is 38.0 Å². The first-order valence-electron chi connectivity index (χ1n) is 10.8. The molecule has 2 rings (SSSR count). The van der Waals surface area contributed by atoms with E-state index in [1.807, 2.05) is 6.92 Å². The molecule has 0 bridgehead atoms. The highest BCUT2D eigenvalue weighted by atomic mass is 32.2. The predicted molar refractivity (Wildman–Crippen MR) is 112 cm³/mol. The highest BCUT2D eigenvalue weighted by Gasteiger charge is 2.36. The Kier molecular flexibility index (Phi) is 9.02. The fourth-order valence-corrected chi connectivity index (χ4v) is 5.24. The number of hydrogen-bond acceptors (Lipinski definition) is 4. The average Bonchev–Trinajstić information content (AvgIpc) is 2.64. The van der Waals surface area contributed by atoms with Gasteiger partial charge < -0.3 is 15.0 Å². The van der Waals surface area contributed by atoms with Gasteiger partial charge in [0.2, 0.25) is 10.0 Å². The first-order valence-corrected chi connectivity index (χ1v) is 12.7. The summed E-state index contributed by atoms with van der Waals surface area (Å²) in [7, 11) is -3.35. The van der Waals surface area contributed by atoms with Gasteiger partial charge in [0.05, 0.1) is 25.0 Å². The van der Waals surface area contributed by atoms with Crippen LogP contribution in [-0.4, -0.2) is 63.5 Å². The molecule has 0 unspecified atom stereocenters. The zero-order valence-electron chi connectivity index (χ0n) is 17.9. The third-order valence-electron chi connectivity index (χ3n) is 6.10. The van der Waals surface area contributed by atoms with Crippen LogP contribution in [0.4, 0.5) is 4.79 Å². The van der Waals surface area contributed by atoms with E-state index >= 15 is 0 Å². The van der Waals surface area contributed by atoms with Gasteiger partial charge in [0, 0.05) is 19.1 Å². The molecule has 0 aromatic rings. The molecule has 8 heteroatoms. The third-order valence-corrected chi connectivity index (χ3v) is 6.83. The highest BCUT2D eigenvalue weighted by molar-refractivity contribution is 7.88. The Morgan fingerprint density at radius 3 is 2.43 bits per heavy atom. The number of amides is 2. The van der Waals surface area contributed by atoms with Crippen LogP contribution in [0.1, 0.15) is 65.7 Å². The Morgan fingerprint density at radius 1 is 1.18 bits per heavy atom. The lowest BCUT2D eigenvalue weighted by molar-refractivity contribution is -0.0240. The summed E-state index contributed by atoms with van der Waals surface area (Å²) < 4.78 is 32.6. The third kappa shape index (κ3) is 7.19. The SMILES string of the molecule is CCCNC(=O)N1CCC[C@H](NS(C)(=O)=O)[C@@H]1COC1CCC(C(C)C)CC1. The number of rotatable bonds is 8. The molecule has 0 radical (unpaired) electrons. The van der Waals surface area contributed by atoms with Crippen LogP contribution in [-0.2, 0) is 14.8 Å². The van der Waals surface area contributed by atoms with Crippen LogP contribution in [0, 0.1) is 11.8 Å². The van der Waals surface area contributed by atoms with Crippen molar-refractivity contribution in [3.8, 4) is 0 Å². The van der Waals surface area contributed by atoms with Crippen molar-refractivity contribution in [2.45, 2.75) is 83.9 Å². The van der Waals surface area contributed by atoms with Gasteiger partial charge in [-0.1, -0.05) is 20.8 Å². The molecule has 2 aliphatic rings. The van der Waals surface area contributed by atoms with E-state index in [9.17, 15) is 13.2 Å². The number of hydrogen-bond donors (Lipinski definition) is 2. The first-order chi connectivity index (χ1) is 13.2. The van der Waals surface area contributed by atoms with Crippen LogP contribution in [0.2, 0.25) is 0 Å². The number of carbonyl (C=O) groups excluding carboxylic acids is 1. The maximum Gasteiger partial charge on any atom is 0.317 e. The zero-order chi connectivity index (χ0) is 20.7. The molecule has 1 heterocycles. The minimum Gasteiger partial charge on any atom is -0.376 e. The minimum atomic E-state index is -3.35. The molecular formula is C20H39N3O4S. The summed E-state index contributed by atoms with van der Waals surface area (Å²) in [5.74, 6) is 1.48. The zero-order valence-corrected chi connectivity index (χ0v) is 18.8. The van der Waals surface area contributed by atoms with Crippen molar-refractivity contribution in [2.75, 3.05) is 26.0 Å². The van der Waals surface area contributed by atoms with Crippen molar-refractivity contribution in [2.24, 2.45) is 11.8 Å². The van der Waals surface area contributed by atoms with Crippen LogP contribution in [0.15, 0.2) is 0 Å². The lowest BCUT2D eigenvalue weighted by atomic mass is 9.80. The number of likely N-dealkylation sites (tertiary alicyclic amines) is 1. The number of sulfonamides is 1. The molecule has 1 aliphatic heterocycles. The molecule has 7 nitrogen and oxygen atoms in total. The molecule has 2 fully saturated rings. The summed E-state index contributed by atoms with van der Waals surface area (Å²) >= 11 is 0. The second-order valence-corrected chi connectivity index (χ2v) is 10.5. The summed E-state index contributed by atoms with van der Waals surface area (Å²) in [6, 6.07) is -0.703.